The predicted molar refractivity (Wildman–Crippen MR) is 79.1 cm³/mol. The smallest absolute Gasteiger partial charge is 0.246 e. The van der Waals surface area contributed by atoms with E-state index in [0.29, 0.717) is 18.4 Å². The summed E-state index contributed by atoms with van der Waals surface area (Å²) < 4.78 is 0. The fraction of sp³-hybridized carbons (Fsp3) is 0.875. The second kappa shape index (κ2) is 5.74. The Morgan fingerprint density at radius 3 is 2.25 bits per heavy atom. The van der Waals surface area contributed by atoms with Crippen LogP contribution >= 0.6 is 0 Å². The molecule has 0 aromatic heterocycles. The average Bonchev–Trinajstić information content (AvgIpc) is 2.82. The first-order valence-corrected chi connectivity index (χ1v) is 7.99. The van der Waals surface area contributed by atoms with E-state index in [2.05, 4.69) is 33.0 Å². The van der Waals surface area contributed by atoms with Crippen molar-refractivity contribution < 1.29 is 9.59 Å². The Morgan fingerprint density at radius 1 is 1.15 bits per heavy atom. The number of carbonyl (C=O) groups is 2. The Morgan fingerprint density at radius 2 is 1.75 bits per heavy atom. The van der Waals surface area contributed by atoms with Crippen LogP contribution in [0, 0.1) is 11.8 Å². The predicted octanol–water partition coefficient (Wildman–Crippen LogP) is 2.33. The van der Waals surface area contributed by atoms with Crippen molar-refractivity contribution in [1.29, 1.82) is 0 Å². The summed E-state index contributed by atoms with van der Waals surface area (Å²) in [7, 11) is 0. The lowest BCUT2D eigenvalue weighted by Gasteiger charge is -2.47. The molecule has 1 aliphatic carbocycles. The molecule has 2 rings (SSSR count). The largest absolute Gasteiger partial charge is 0.342 e. The molecule has 2 fully saturated rings. The molecule has 4 nitrogen and oxygen atoms in total. The Labute approximate surface area is 122 Å². The van der Waals surface area contributed by atoms with Crippen molar-refractivity contribution in [2.45, 2.75) is 71.4 Å². The molecule has 114 valence electrons. The van der Waals surface area contributed by atoms with Gasteiger partial charge in [0, 0.05) is 6.54 Å². The maximum Gasteiger partial charge on any atom is 0.246 e. The standard InChI is InChI=1S/C16H28N2O2/c1-11(2)9-13-14(19)18(10-12(3)4)16(15(20)17-13)7-5-6-8-16/h11-13H,5-10H2,1-4H3,(H,17,20). The number of hydrogen-bond donors (Lipinski definition) is 1. The highest BCUT2D eigenvalue weighted by Crippen LogP contribution is 2.39. The first kappa shape index (κ1) is 15.3. The van der Waals surface area contributed by atoms with E-state index in [4.69, 9.17) is 0 Å². The number of nitrogens with zero attached hydrogens (tertiary/aromatic N) is 1. The van der Waals surface area contributed by atoms with Gasteiger partial charge in [-0.2, -0.15) is 0 Å². The fourth-order valence-electron chi connectivity index (χ4n) is 3.59. The van der Waals surface area contributed by atoms with Gasteiger partial charge in [-0.05, 0) is 31.1 Å². The van der Waals surface area contributed by atoms with Gasteiger partial charge in [0.15, 0.2) is 0 Å². The van der Waals surface area contributed by atoms with Crippen molar-refractivity contribution in [3.8, 4) is 0 Å². The van der Waals surface area contributed by atoms with Crippen LogP contribution in [0.25, 0.3) is 0 Å². The number of amides is 2. The van der Waals surface area contributed by atoms with Gasteiger partial charge in [0.2, 0.25) is 11.8 Å². The minimum Gasteiger partial charge on any atom is -0.342 e. The van der Waals surface area contributed by atoms with E-state index in [1.807, 2.05) is 4.90 Å². The first-order valence-electron chi connectivity index (χ1n) is 7.99. The van der Waals surface area contributed by atoms with Gasteiger partial charge in [-0.3, -0.25) is 9.59 Å². The molecule has 20 heavy (non-hydrogen) atoms. The lowest BCUT2D eigenvalue weighted by atomic mass is 9.87. The van der Waals surface area contributed by atoms with Gasteiger partial charge in [0.1, 0.15) is 11.6 Å². The quantitative estimate of drug-likeness (QED) is 0.859. The van der Waals surface area contributed by atoms with Crippen LogP contribution in [0.1, 0.15) is 59.8 Å². The van der Waals surface area contributed by atoms with Crippen LogP contribution in [-0.4, -0.2) is 34.8 Å². The van der Waals surface area contributed by atoms with Crippen LogP contribution in [0.4, 0.5) is 0 Å². The molecule has 1 unspecified atom stereocenters. The SMILES string of the molecule is CC(C)CC1NC(=O)C2(CCCC2)N(CC(C)C)C1=O. The average molecular weight is 280 g/mol. The number of carbonyl (C=O) groups excluding carboxylic acids is 2. The summed E-state index contributed by atoms with van der Waals surface area (Å²) in [6.45, 7) is 9.10. The first-order chi connectivity index (χ1) is 9.36. The van der Waals surface area contributed by atoms with Crippen molar-refractivity contribution in [3.63, 3.8) is 0 Å². The molecule has 1 heterocycles. The highest BCUT2D eigenvalue weighted by Gasteiger charge is 2.53. The van der Waals surface area contributed by atoms with Crippen LogP contribution in [0.3, 0.4) is 0 Å². The van der Waals surface area contributed by atoms with Gasteiger partial charge < -0.3 is 10.2 Å². The van der Waals surface area contributed by atoms with Crippen molar-refractivity contribution in [2.24, 2.45) is 11.8 Å². The molecular formula is C16H28N2O2. The number of piperazine rings is 1. The molecule has 1 saturated carbocycles. The number of hydrogen-bond acceptors (Lipinski definition) is 2. The molecular weight excluding hydrogens is 252 g/mol. The third-order valence-corrected chi connectivity index (χ3v) is 4.49. The van der Waals surface area contributed by atoms with E-state index >= 15 is 0 Å². The maximum absolute atomic E-state index is 12.8. The Kier molecular flexibility index (Phi) is 4.40. The summed E-state index contributed by atoms with van der Waals surface area (Å²) in [6.07, 6.45) is 4.47. The van der Waals surface area contributed by atoms with Gasteiger partial charge in [-0.1, -0.05) is 40.5 Å². The minimum atomic E-state index is -0.547. The van der Waals surface area contributed by atoms with E-state index in [1.54, 1.807) is 0 Å². The van der Waals surface area contributed by atoms with Crippen LogP contribution in [-0.2, 0) is 9.59 Å². The molecule has 2 amide bonds. The summed E-state index contributed by atoms with van der Waals surface area (Å²) in [5.74, 6) is 1.01. The van der Waals surface area contributed by atoms with Gasteiger partial charge >= 0.3 is 0 Å². The van der Waals surface area contributed by atoms with Crippen molar-refractivity contribution >= 4 is 11.8 Å². The van der Waals surface area contributed by atoms with E-state index in [9.17, 15) is 9.59 Å². The lowest BCUT2D eigenvalue weighted by molar-refractivity contribution is -0.158. The third-order valence-electron chi connectivity index (χ3n) is 4.49. The Hall–Kier alpha value is -1.06. The highest BCUT2D eigenvalue weighted by molar-refractivity contribution is 6.00. The molecule has 1 N–H and O–H groups in total. The number of rotatable bonds is 4. The van der Waals surface area contributed by atoms with Crippen molar-refractivity contribution in [1.82, 2.24) is 10.2 Å². The fourth-order valence-corrected chi connectivity index (χ4v) is 3.59. The molecule has 1 spiro atoms. The molecule has 1 saturated heterocycles. The van der Waals surface area contributed by atoms with E-state index in [0.717, 1.165) is 32.1 Å². The molecule has 2 aliphatic rings. The molecule has 4 heteroatoms. The zero-order chi connectivity index (χ0) is 14.9. The molecule has 1 atom stereocenters. The van der Waals surface area contributed by atoms with Crippen LogP contribution < -0.4 is 5.32 Å². The van der Waals surface area contributed by atoms with Crippen molar-refractivity contribution in [2.75, 3.05) is 6.54 Å². The van der Waals surface area contributed by atoms with Crippen LogP contribution in [0.5, 0.6) is 0 Å². The third kappa shape index (κ3) is 2.70. The van der Waals surface area contributed by atoms with E-state index in [-0.39, 0.29) is 17.9 Å². The monoisotopic (exact) mass is 280 g/mol. The van der Waals surface area contributed by atoms with Gasteiger partial charge in [-0.25, -0.2) is 0 Å². The molecule has 0 bridgehead atoms. The van der Waals surface area contributed by atoms with E-state index < -0.39 is 5.54 Å². The molecule has 0 radical (unpaired) electrons. The summed E-state index contributed by atoms with van der Waals surface area (Å²) in [5.41, 5.74) is -0.547. The summed E-state index contributed by atoms with van der Waals surface area (Å²) in [5, 5.41) is 3.00. The summed E-state index contributed by atoms with van der Waals surface area (Å²) in [4.78, 5) is 27.4. The van der Waals surface area contributed by atoms with Crippen LogP contribution in [0.2, 0.25) is 0 Å². The lowest BCUT2D eigenvalue weighted by Crippen LogP contribution is -2.70. The highest BCUT2D eigenvalue weighted by atomic mass is 16.2. The Balaban J connectivity index is 2.26. The maximum atomic E-state index is 12.8. The second-order valence-corrected chi connectivity index (χ2v) is 7.24. The Bertz CT molecular complexity index is 384. The summed E-state index contributed by atoms with van der Waals surface area (Å²) in [6, 6.07) is -0.326. The normalized spacial score (nSPS) is 25.9. The van der Waals surface area contributed by atoms with E-state index in [1.165, 1.54) is 0 Å². The van der Waals surface area contributed by atoms with Crippen LogP contribution in [0.15, 0.2) is 0 Å². The zero-order valence-electron chi connectivity index (χ0n) is 13.2. The second-order valence-electron chi connectivity index (χ2n) is 7.24. The van der Waals surface area contributed by atoms with Crippen molar-refractivity contribution in [3.05, 3.63) is 0 Å². The number of nitrogens with one attached hydrogen (secondary N) is 1. The zero-order valence-corrected chi connectivity index (χ0v) is 13.2. The topological polar surface area (TPSA) is 49.4 Å². The molecule has 0 aromatic rings. The van der Waals surface area contributed by atoms with Gasteiger partial charge in [0.05, 0.1) is 0 Å². The minimum absolute atomic E-state index is 0.0842. The van der Waals surface area contributed by atoms with Gasteiger partial charge in [-0.15, -0.1) is 0 Å². The van der Waals surface area contributed by atoms with Gasteiger partial charge in [0.25, 0.3) is 0 Å². The molecule has 0 aromatic carbocycles. The summed E-state index contributed by atoms with van der Waals surface area (Å²) >= 11 is 0. The molecule has 1 aliphatic heterocycles.